The number of hydrogen-bond donors (Lipinski definition) is 1. The molecule has 0 aliphatic carbocycles. The predicted octanol–water partition coefficient (Wildman–Crippen LogP) is 2.82. The highest BCUT2D eigenvalue weighted by molar-refractivity contribution is 5.97. The Kier molecular flexibility index (Phi) is 5.41. The Balaban J connectivity index is 2.29. The van der Waals surface area contributed by atoms with Crippen LogP contribution in [-0.2, 0) is 0 Å². The van der Waals surface area contributed by atoms with Crippen molar-refractivity contribution in [2.45, 2.75) is 51.6 Å². The number of amides is 1. The molecule has 0 unspecified atom stereocenters. The third kappa shape index (κ3) is 3.65. The van der Waals surface area contributed by atoms with Gasteiger partial charge in [0.25, 0.3) is 5.91 Å². The van der Waals surface area contributed by atoms with E-state index in [0.29, 0.717) is 12.0 Å². The van der Waals surface area contributed by atoms with Crippen LogP contribution in [0.1, 0.15) is 55.5 Å². The molecule has 1 heterocycles. The lowest BCUT2D eigenvalue weighted by Crippen LogP contribution is -2.47. The normalized spacial score (nSPS) is 21.6. The average Bonchev–Trinajstić information content (AvgIpc) is 2.47. The summed E-state index contributed by atoms with van der Waals surface area (Å²) in [4.78, 5) is 14.9. The quantitative estimate of drug-likeness (QED) is 0.849. The fraction of sp³-hybridized carbons (Fsp3) is 0.500. The molecular weight excluding hydrogens is 262 g/mol. The number of likely N-dealkylation sites (tertiary alicyclic amines) is 1. The Morgan fingerprint density at radius 1 is 1.29 bits per heavy atom. The second-order valence-corrected chi connectivity index (χ2v) is 5.66. The molecule has 0 aromatic heterocycles. The van der Waals surface area contributed by atoms with Crippen LogP contribution in [0.25, 0.3) is 0 Å². The lowest BCUT2D eigenvalue weighted by atomic mass is 9.95. The van der Waals surface area contributed by atoms with E-state index in [4.69, 9.17) is 5.11 Å². The molecule has 0 spiro atoms. The van der Waals surface area contributed by atoms with Crippen molar-refractivity contribution >= 4 is 5.91 Å². The number of piperidine rings is 1. The summed E-state index contributed by atoms with van der Waals surface area (Å²) in [5.41, 5.74) is 1.42. The minimum absolute atomic E-state index is 0.0449. The fourth-order valence-electron chi connectivity index (χ4n) is 2.95. The zero-order valence-electron chi connectivity index (χ0n) is 12.8. The fourth-order valence-corrected chi connectivity index (χ4v) is 2.95. The van der Waals surface area contributed by atoms with Crippen LogP contribution in [0.3, 0.4) is 0 Å². The van der Waals surface area contributed by atoms with Crippen LogP contribution < -0.4 is 0 Å². The summed E-state index contributed by atoms with van der Waals surface area (Å²) in [5.74, 6) is 5.98. The van der Waals surface area contributed by atoms with Crippen LogP contribution in [0.15, 0.2) is 24.3 Å². The molecule has 0 saturated carbocycles. The predicted molar refractivity (Wildman–Crippen MR) is 84.0 cm³/mol. The minimum atomic E-state index is 0.0449. The highest BCUT2D eigenvalue weighted by Crippen LogP contribution is 2.25. The van der Waals surface area contributed by atoms with Crippen molar-refractivity contribution in [3.63, 3.8) is 0 Å². The summed E-state index contributed by atoms with van der Waals surface area (Å²) in [6.45, 7) is 4.28. The van der Waals surface area contributed by atoms with Crippen molar-refractivity contribution in [2.24, 2.45) is 0 Å². The molecule has 1 aliphatic heterocycles. The highest BCUT2D eigenvalue weighted by Gasteiger charge is 2.30. The van der Waals surface area contributed by atoms with E-state index < -0.39 is 0 Å². The largest absolute Gasteiger partial charge is 0.395 e. The summed E-state index contributed by atoms with van der Waals surface area (Å²) in [6.07, 6.45) is 3.74. The maximum Gasteiger partial charge on any atom is 0.255 e. The topological polar surface area (TPSA) is 40.5 Å². The molecule has 1 aromatic rings. The van der Waals surface area contributed by atoms with E-state index in [1.54, 1.807) is 0 Å². The van der Waals surface area contributed by atoms with Gasteiger partial charge in [0.15, 0.2) is 0 Å². The Morgan fingerprint density at radius 3 is 2.62 bits per heavy atom. The Labute approximate surface area is 127 Å². The van der Waals surface area contributed by atoms with Crippen LogP contribution in [0.5, 0.6) is 0 Å². The van der Waals surface area contributed by atoms with Gasteiger partial charge in [-0.2, -0.15) is 0 Å². The first-order valence-electron chi connectivity index (χ1n) is 7.66. The lowest BCUT2D eigenvalue weighted by Gasteiger charge is -2.39. The van der Waals surface area contributed by atoms with Gasteiger partial charge in [0, 0.05) is 24.1 Å². The van der Waals surface area contributed by atoms with Crippen LogP contribution in [0.2, 0.25) is 0 Å². The van der Waals surface area contributed by atoms with Crippen molar-refractivity contribution in [1.82, 2.24) is 4.90 Å². The van der Waals surface area contributed by atoms with E-state index in [9.17, 15) is 4.79 Å². The SMILES string of the molecule is C[C@@H]1CCC[C@H](C)N1C(=O)c1ccccc1C#CCCO. The lowest BCUT2D eigenvalue weighted by molar-refractivity contribution is 0.0510. The van der Waals surface area contributed by atoms with Gasteiger partial charge < -0.3 is 10.0 Å². The van der Waals surface area contributed by atoms with Crippen LogP contribution in [0, 0.1) is 11.8 Å². The number of nitrogens with zero attached hydrogens (tertiary/aromatic N) is 1. The zero-order valence-corrected chi connectivity index (χ0v) is 12.8. The van der Waals surface area contributed by atoms with Gasteiger partial charge in [-0.3, -0.25) is 4.79 Å². The number of aliphatic hydroxyl groups is 1. The third-order valence-corrected chi connectivity index (χ3v) is 4.05. The van der Waals surface area contributed by atoms with E-state index in [0.717, 1.165) is 18.4 Å². The molecule has 21 heavy (non-hydrogen) atoms. The van der Waals surface area contributed by atoms with Crippen molar-refractivity contribution in [3.05, 3.63) is 35.4 Å². The molecule has 0 bridgehead atoms. The van der Waals surface area contributed by atoms with Gasteiger partial charge in [-0.25, -0.2) is 0 Å². The van der Waals surface area contributed by atoms with E-state index in [1.165, 1.54) is 6.42 Å². The monoisotopic (exact) mass is 285 g/mol. The first kappa shape index (κ1) is 15.6. The molecule has 1 fully saturated rings. The first-order chi connectivity index (χ1) is 10.1. The second-order valence-electron chi connectivity index (χ2n) is 5.66. The molecule has 1 amide bonds. The van der Waals surface area contributed by atoms with Crippen molar-refractivity contribution in [2.75, 3.05) is 6.61 Å². The van der Waals surface area contributed by atoms with Gasteiger partial charge in [0.05, 0.1) is 12.2 Å². The molecule has 2 rings (SSSR count). The molecule has 2 atom stereocenters. The molecule has 3 nitrogen and oxygen atoms in total. The maximum atomic E-state index is 12.9. The van der Waals surface area contributed by atoms with Crippen molar-refractivity contribution in [3.8, 4) is 11.8 Å². The zero-order chi connectivity index (χ0) is 15.2. The first-order valence-corrected chi connectivity index (χ1v) is 7.66. The summed E-state index contributed by atoms with van der Waals surface area (Å²) in [7, 11) is 0. The molecular formula is C18H23NO2. The molecule has 1 aromatic carbocycles. The summed E-state index contributed by atoms with van der Waals surface area (Å²) in [6, 6.07) is 8.04. The van der Waals surface area contributed by atoms with E-state index >= 15 is 0 Å². The average molecular weight is 285 g/mol. The van der Waals surface area contributed by atoms with Gasteiger partial charge in [0.2, 0.25) is 0 Å². The number of hydrogen-bond acceptors (Lipinski definition) is 2. The number of carbonyl (C=O) groups is 1. The van der Waals surface area contributed by atoms with Crippen LogP contribution in [-0.4, -0.2) is 34.6 Å². The highest BCUT2D eigenvalue weighted by atomic mass is 16.2. The van der Waals surface area contributed by atoms with Gasteiger partial charge in [0.1, 0.15) is 0 Å². The van der Waals surface area contributed by atoms with Crippen LogP contribution in [0.4, 0.5) is 0 Å². The molecule has 1 N–H and O–H groups in total. The Bertz CT molecular complexity index is 546. The van der Waals surface area contributed by atoms with Gasteiger partial charge >= 0.3 is 0 Å². The minimum Gasteiger partial charge on any atom is -0.395 e. The van der Waals surface area contributed by atoms with E-state index in [1.807, 2.05) is 29.2 Å². The summed E-state index contributed by atoms with van der Waals surface area (Å²) >= 11 is 0. The van der Waals surface area contributed by atoms with E-state index in [2.05, 4.69) is 25.7 Å². The molecule has 1 saturated heterocycles. The van der Waals surface area contributed by atoms with Crippen LogP contribution >= 0.6 is 0 Å². The van der Waals surface area contributed by atoms with Gasteiger partial charge in [-0.05, 0) is 45.2 Å². The third-order valence-electron chi connectivity index (χ3n) is 4.05. The number of rotatable bonds is 2. The van der Waals surface area contributed by atoms with Gasteiger partial charge in [-0.15, -0.1) is 0 Å². The number of carbonyl (C=O) groups excluding carboxylic acids is 1. The smallest absolute Gasteiger partial charge is 0.255 e. The van der Waals surface area contributed by atoms with Gasteiger partial charge in [-0.1, -0.05) is 24.0 Å². The number of aliphatic hydroxyl groups excluding tert-OH is 1. The van der Waals surface area contributed by atoms with E-state index in [-0.39, 0.29) is 24.6 Å². The maximum absolute atomic E-state index is 12.9. The summed E-state index contributed by atoms with van der Waals surface area (Å²) in [5, 5.41) is 8.82. The van der Waals surface area contributed by atoms with Crippen molar-refractivity contribution in [1.29, 1.82) is 0 Å². The Morgan fingerprint density at radius 2 is 1.95 bits per heavy atom. The second kappa shape index (κ2) is 7.28. The Hall–Kier alpha value is -1.79. The molecule has 1 aliphatic rings. The molecule has 0 radical (unpaired) electrons. The van der Waals surface area contributed by atoms with Crippen molar-refractivity contribution < 1.29 is 9.90 Å². The molecule has 3 heteroatoms. The molecule has 112 valence electrons. The standard InChI is InChI=1S/C18H23NO2/c1-14-8-7-9-15(2)19(14)18(21)17-12-4-3-10-16(17)11-5-6-13-20/h3-4,10,12,14-15,20H,6-9,13H2,1-2H3/t14-,15+. The number of benzene rings is 1. The summed E-state index contributed by atoms with van der Waals surface area (Å²) < 4.78 is 0.